The van der Waals surface area contributed by atoms with Gasteiger partial charge in [0.15, 0.2) is 0 Å². The zero-order chi connectivity index (χ0) is 12.0. The first-order valence-electron chi connectivity index (χ1n) is 4.80. The Morgan fingerprint density at radius 1 is 1.38 bits per heavy atom. The Balaban J connectivity index is 2.14. The van der Waals surface area contributed by atoms with Crippen LogP contribution in [-0.4, -0.2) is 24.5 Å². The maximum atomic E-state index is 11.6. The highest BCUT2D eigenvalue weighted by atomic mass is 19.4. The van der Waals surface area contributed by atoms with Crippen molar-refractivity contribution in [1.82, 2.24) is 10.3 Å². The molecule has 0 aliphatic heterocycles. The van der Waals surface area contributed by atoms with Gasteiger partial charge in [0.2, 0.25) is 0 Å². The molecule has 16 heavy (non-hydrogen) atoms. The van der Waals surface area contributed by atoms with Crippen molar-refractivity contribution in [3.8, 4) is 0 Å². The number of nitrogens with one attached hydrogen (secondary N) is 1. The van der Waals surface area contributed by atoms with E-state index in [0.717, 1.165) is 11.3 Å². The van der Waals surface area contributed by atoms with Crippen LogP contribution in [0.25, 0.3) is 0 Å². The lowest BCUT2D eigenvalue weighted by Gasteiger charge is -2.08. The Morgan fingerprint density at radius 2 is 2.12 bits per heavy atom. The highest BCUT2D eigenvalue weighted by Gasteiger charge is 2.28. The van der Waals surface area contributed by atoms with Crippen molar-refractivity contribution < 1.29 is 17.9 Å². The topological polar surface area (TPSA) is 34.1 Å². The average molecular weight is 234 g/mol. The molecule has 0 radical (unpaired) electrons. The molecule has 0 spiro atoms. The quantitative estimate of drug-likeness (QED) is 0.791. The maximum Gasteiger partial charge on any atom is 0.522 e. The molecular formula is C10H13F3N2O. The molecule has 0 unspecified atom stereocenters. The van der Waals surface area contributed by atoms with E-state index in [-0.39, 0.29) is 13.2 Å². The van der Waals surface area contributed by atoms with Crippen LogP contribution in [0.5, 0.6) is 0 Å². The molecule has 0 fully saturated rings. The van der Waals surface area contributed by atoms with E-state index in [9.17, 15) is 13.2 Å². The highest BCUT2D eigenvalue weighted by Crippen LogP contribution is 2.15. The number of ether oxygens (including phenoxy) is 1. The summed E-state index contributed by atoms with van der Waals surface area (Å²) in [6, 6.07) is 3.73. The molecule has 90 valence electrons. The lowest BCUT2D eigenvalue weighted by molar-refractivity contribution is -0.323. The van der Waals surface area contributed by atoms with Crippen molar-refractivity contribution in [2.45, 2.75) is 19.8 Å². The van der Waals surface area contributed by atoms with Gasteiger partial charge in [-0.15, -0.1) is 13.2 Å². The molecule has 0 aliphatic rings. The minimum atomic E-state index is -4.55. The van der Waals surface area contributed by atoms with Crippen LogP contribution in [0.2, 0.25) is 0 Å². The minimum absolute atomic E-state index is 0.146. The summed E-state index contributed by atoms with van der Waals surface area (Å²) < 4.78 is 38.4. The van der Waals surface area contributed by atoms with E-state index in [1.165, 1.54) is 0 Å². The van der Waals surface area contributed by atoms with Gasteiger partial charge in [0, 0.05) is 25.0 Å². The van der Waals surface area contributed by atoms with Crippen LogP contribution < -0.4 is 5.32 Å². The summed E-state index contributed by atoms with van der Waals surface area (Å²) in [5.74, 6) is 0. The molecule has 0 atom stereocenters. The molecular weight excluding hydrogens is 221 g/mol. The van der Waals surface area contributed by atoms with Gasteiger partial charge in [-0.2, -0.15) is 0 Å². The molecule has 1 N–H and O–H groups in total. The summed E-state index contributed by atoms with van der Waals surface area (Å²) >= 11 is 0. The van der Waals surface area contributed by atoms with Crippen molar-refractivity contribution in [2.75, 3.05) is 13.2 Å². The number of aryl methyl sites for hydroxylation is 1. The maximum absolute atomic E-state index is 11.6. The summed E-state index contributed by atoms with van der Waals surface area (Å²) in [5.41, 5.74) is 1.83. The van der Waals surface area contributed by atoms with E-state index >= 15 is 0 Å². The van der Waals surface area contributed by atoms with E-state index in [4.69, 9.17) is 0 Å². The van der Waals surface area contributed by atoms with Crippen molar-refractivity contribution in [3.63, 3.8) is 0 Å². The Morgan fingerprint density at radius 3 is 2.69 bits per heavy atom. The fourth-order valence-electron chi connectivity index (χ4n) is 1.07. The third-order valence-corrected chi connectivity index (χ3v) is 1.85. The van der Waals surface area contributed by atoms with Crippen LogP contribution in [0.3, 0.4) is 0 Å². The number of alkyl halides is 3. The van der Waals surface area contributed by atoms with Crippen LogP contribution in [0.15, 0.2) is 18.3 Å². The second-order valence-corrected chi connectivity index (χ2v) is 3.28. The lowest BCUT2D eigenvalue weighted by Crippen LogP contribution is -2.24. The zero-order valence-electron chi connectivity index (χ0n) is 8.84. The fourth-order valence-corrected chi connectivity index (χ4v) is 1.07. The largest absolute Gasteiger partial charge is 0.522 e. The van der Waals surface area contributed by atoms with E-state index in [1.54, 1.807) is 6.20 Å². The second kappa shape index (κ2) is 5.81. The molecule has 0 bridgehead atoms. The van der Waals surface area contributed by atoms with Crippen molar-refractivity contribution in [2.24, 2.45) is 0 Å². The molecule has 1 aromatic heterocycles. The predicted molar refractivity (Wildman–Crippen MR) is 52.7 cm³/mol. The normalized spacial score (nSPS) is 11.8. The molecule has 1 aromatic rings. The van der Waals surface area contributed by atoms with Gasteiger partial charge in [0.05, 0.1) is 6.61 Å². The predicted octanol–water partition coefficient (Wildman–Crippen LogP) is 2.02. The van der Waals surface area contributed by atoms with E-state index < -0.39 is 6.36 Å². The first kappa shape index (κ1) is 12.9. The Kier molecular flexibility index (Phi) is 4.70. The van der Waals surface area contributed by atoms with E-state index in [2.05, 4.69) is 15.0 Å². The molecule has 6 heteroatoms. The fraction of sp³-hybridized carbons (Fsp3) is 0.500. The Labute approximate surface area is 91.6 Å². The third kappa shape index (κ3) is 5.67. The van der Waals surface area contributed by atoms with Gasteiger partial charge in [0.25, 0.3) is 0 Å². The number of rotatable bonds is 5. The smallest absolute Gasteiger partial charge is 0.310 e. The number of hydrogen-bond acceptors (Lipinski definition) is 3. The minimum Gasteiger partial charge on any atom is -0.310 e. The van der Waals surface area contributed by atoms with Gasteiger partial charge in [-0.25, -0.2) is 0 Å². The standard InChI is InChI=1S/C10H13F3N2O/c1-8-2-3-9(7-15-8)6-14-4-5-16-10(11,12)13/h2-3,7,14H,4-6H2,1H3. The molecule has 0 saturated heterocycles. The summed E-state index contributed by atoms with van der Waals surface area (Å²) in [5, 5.41) is 2.83. The summed E-state index contributed by atoms with van der Waals surface area (Å²) in [6.45, 7) is 2.11. The molecule has 0 aromatic carbocycles. The van der Waals surface area contributed by atoms with Crippen molar-refractivity contribution >= 4 is 0 Å². The van der Waals surface area contributed by atoms with Crippen LogP contribution >= 0.6 is 0 Å². The van der Waals surface area contributed by atoms with Gasteiger partial charge >= 0.3 is 6.36 Å². The second-order valence-electron chi connectivity index (χ2n) is 3.28. The molecule has 0 aliphatic carbocycles. The van der Waals surface area contributed by atoms with Crippen LogP contribution in [-0.2, 0) is 11.3 Å². The Hall–Kier alpha value is -1.14. The van der Waals surface area contributed by atoms with E-state index in [0.29, 0.717) is 6.54 Å². The first-order valence-corrected chi connectivity index (χ1v) is 4.80. The highest BCUT2D eigenvalue weighted by molar-refractivity contribution is 5.12. The van der Waals surface area contributed by atoms with Gasteiger partial charge in [-0.3, -0.25) is 9.72 Å². The Bertz CT molecular complexity index is 311. The van der Waals surface area contributed by atoms with Crippen LogP contribution in [0.4, 0.5) is 13.2 Å². The summed E-state index contributed by atoms with van der Waals surface area (Å²) in [4.78, 5) is 4.07. The monoisotopic (exact) mass is 234 g/mol. The third-order valence-electron chi connectivity index (χ3n) is 1.85. The van der Waals surface area contributed by atoms with E-state index in [1.807, 2.05) is 19.1 Å². The SMILES string of the molecule is Cc1ccc(CNCCOC(F)(F)F)cn1. The van der Waals surface area contributed by atoms with Gasteiger partial charge in [-0.1, -0.05) is 6.07 Å². The van der Waals surface area contributed by atoms with Gasteiger partial charge in [-0.05, 0) is 18.6 Å². The van der Waals surface area contributed by atoms with Crippen LogP contribution in [0.1, 0.15) is 11.3 Å². The molecule has 3 nitrogen and oxygen atoms in total. The van der Waals surface area contributed by atoms with Gasteiger partial charge < -0.3 is 5.32 Å². The number of aromatic nitrogens is 1. The zero-order valence-corrected chi connectivity index (χ0v) is 8.84. The average Bonchev–Trinajstić information content (AvgIpc) is 2.19. The van der Waals surface area contributed by atoms with Crippen molar-refractivity contribution in [3.05, 3.63) is 29.6 Å². The first-order chi connectivity index (χ1) is 7.47. The molecule has 1 heterocycles. The van der Waals surface area contributed by atoms with Gasteiger partial charge in [0.1, 0.15) is 0 Å². The number of halogens is 3. The molecule has 0 amide bonds. The number of hydrogen-bond donors (Lipinski definition) is 1. The van der Waals surface area contributed by atoms with Crippen molar-refractivity contribution in [1.29, 1.82) is 0 Å². The van der Waals surface area contributed by atoms with Crippen LogP contribution in [0, 0.1) is 6.92 Å². The number of pyridine rings is 1. The molecule has 0 saturated carbocycles. The lowest BCUT2D eigenvalue weighted by atomic mass is 10.2. The number of nitrogens with zero attached hydrogens (tertiary/aromatic N) is 1. The summed E-state index contributed by atoms with van der Waals surface area (Å²) in [7, 11) is 0. The molecule has 1 rings (SSSR count). The summed E-state index contributed by atoms with van der Waals surface area (Å²) in [6.07, 6.45) is -2.86.